The minimum Gasteiger partial charge on any atom is -0.489 e. The van der Waals surface area contributed by atoms with Crippen molar-refractivity contribution in [2.45, 2.75) is 6.04 Å². The van der Waals surface area contributed by atoms with Gasteiger partial charge in [0.1, 0.15) is 35.7 Å². The number of rotatable bonds is 4. The Morgan fingerprint density at radius 3 is 2.68 bits per heavy atom. The number of ether oxygens (including phenoxy) is 2. The van der Waals surface area contributed by atoms with Gasteiger partial charge in [-0.1, -0.05) is 34.1 Å². The van der Waals surface area contributed by atoms with Gasteiger partial charge in [-0.3, -0.25) is 9.59 Å². The number of hydrogen-bond donors (Lipinski definition) is 1. The first-order valence-corrected chi connectivity index (χ1v) is 10.2. The smallest absolute Gasteiger partial charge is 0.255 e. The third-order valence-corrected chi connectivity index (χ3v) is 5.28. The second kappa shape index (κ2) is 8.77. The quantitative estimate of drug-likeness (QED) is 0.590. The fourth-order valence-electron chi connectivity index (χ4n) is 3.18. The largest absolute Gasteiger partial charge is 0.489 e. The van der Waals surface area contributed by atoms with Gasteiger partial charge in [0, 0.05) is 11.5 Å². The topological polar surface area (TPSA) is 67.9 Å². The molecule has 3 aromatic carbocycles. The summed E-state index contributed by atoms with van der Waals surface area (Å²) in [4.78, 5) is 27.1. The molecule has 0 saturated heterocycles. The summed E-state index contributed by atoms with van der Waals surface area (Å²) in [7, 11) is 1.59. The number of nitrogens with zero attached hydrogens (tertiary/aromatic N) is 1. The molecular weight excluding hydrogens is 467 g/mol. The molecule has 3 aromatic rings. The van der Waals surface area contributed by atoms with E-state index in [2.05, 4.69) is 21.2 Å². The molecule has 0 saturated carbocycles. The molecular formula is C23H18BrFN2O4. The number of likely N-dealkylation sites (N-methyl/N-ethyl adjacent to an activating group) is 1. The maximum absolute atomic E-state index is 14.4. The first-order valence-electron chi connectivity index (χ1n) is 9.45. The normalized spacial score (nSPS) is 15.5. The highest BCUT2D eigenvalue weighted by Crippen LogP contribution is 2.33. The van der Waals surface area contributed by atoms with Crippen LogP contribution < -0.4 is 19.7 Å². The minimum atomic E-state index is -0.984. The van der Waals surface area contributed by atoms with Crippen LogP contribution >= 0.6 is 15.9 Å². The van der Waals surface area contributed by atoms with E-state index in [1.165, 1.54) is 17.0 Å². The van der Waals surface area contributed by atoms with Crippen molar-refractivity contribution in [3.05, 3.63) is 82.6 Å². The minimum absolute atomic E-state index is 0.0780. The summed E-state index contributed by atoms with van der Waals surface area (Å²) in [6, 6.07) is 17.1. The van der Waals surface area contributed by atoms with E-state index in [4.69, 9.17) is 9.47 Å². The lowest BCUT2D eigenvalue weighted by Crippen LogP contribution is -2.49. The SMILES string of the molecule is CN1C(=O)[C@@H](NC(=O)c2cc(Oc3ccccc3)ccc2F)COc2ccc(Br)cc21. The Morgan fingerprint density at radius 2 is 1.90 bits per heavy atom. The summed E-state index contributed by atoms with van der Waals surface area (Å²) in [6.45, 7) is -0.0780. The average Bonchev–Trinajstić information content (AvgIpc) is 2.88. The molecule has 0 aliphatic carbocycles. The Hall–Kier alpha value is -3.39. The van der Waals surface area contributed by atoms with Crippen LogP contribution in [0.25, 0.3) is 0 Å². The number of carbonyl (C=O) groups is 2. The lowest BCUT2D eigenvalue weighted by molar-refractivity contribution is -0.120. The third-order valence-electron chi connectivity index (χ3n) is 4.78. The summed E-state index contributed by atoms with van der Waals surface area (Å²) in [6.07, 6.45) is 0. The molecule has 1 aliphatic rings. The van der Waals surface area contributed by atoms with Crippen LogP contribution in [0.4, 0.5) is 10.1 Å². The predicted octanol–water partition coefficient (Wildman–Crippen LogP) is 4.53. The Labute approximate surface area is 186 Å². The van der Waals surface area contributed by atoms with Crippen LogP contribution in [0.3, 0.4) is 0 Å². The fourth-order valence-corrected chi connectivity index (χ4v) is 3.53. The van der Waals surface area contributed by atoms with Crippen LogP contribution in [0.5, 0.6) is 17.2 Å². The third kappa shape index (κ3) is 4.54. The maximum Gasteiger partial charge on any atom is 0.255 e. The molecule has 1 aliphatic heterocycles. The van der Waals surface area contributed by atoms with Crippen LogP contribution in [-0.2, 0) is 4.79 Å². The Balaban J connectivity index is 1.53. The number of anilines is 1. The molecule has 6 nitrogen and oxygen atoms in total. The van der Waals surface area contributed by atoms with Crippen molar-refractivity contribution in [1.29, 1.82) is 0 Å². The highest BCUT2D eigenvalue weighted by molar-refractivity contribution is 9.10. The van der Waals surface area contributed by atoms with Gasteiger partial charge in [-0.05, 0) is 48.5 Å². The molecule has 0 radical (unpaired) electrons. The van der Waals surface area contributed by atoms with Crippen molar-refractivity contribution in [1.82, 2.24) is 5.32 Å². The summed E-state index contributed by atoms with van der Waals surface area (Å²) in [5.74, 6) is -0.463. The number of fused-ring (bicyclic) bond motifs is 1. The lowest BCUT2D eigenvalue weighted by Gasteiger charge is -2.20. The van der Waals surface area contributed by atoms with Crippen molar-refractivity contribution in [3.63, 3.8) is 0 Å². The van der Waals surface area contributed by atoms with Crippen LogP contribution in [0, 0.1) is 5.82 Å². The van der Waals surface area contributed by atoms with Crippen molar-refractivity contribution in [2.75, 3.05) is 18.6 Å². The zero-order valence-electron chi connectivity index (χ0n) is 16.5. The second-order valence-corrected chi connectivity index (χ2v) is 7.82. The molecule has 2 amide bonds. The summed E-state index contributed by atoms with van der Waals surface area (Å²) >= 11 is 3.37. The molecule has 158 valence electrons. The molecule has 0 spiro atoms. The van der Waals surface area contributed by atoms with E-state index >= 15 is 0 Å². The summed E-state index contributed by atoms with van der Waals surface area (Å²) < 4.78 is 26.5. The van der Waals surface area contributed by atoms with E-state index in [1.807, 2.05) is 6.07 Å². The number of carbonyl (C=O) groups excluding carboxylic acids is 2. The van der Waals surface area contributed by atoms with Crippen LogP contribution in [0.1, 0.15) is 10.4 Å². The van der Waals surface area contributed by atoms with Gasteiger partial charge in [-0.25, -0.2) is 4.39 Å². The van der Waals surface area contributed by atoms with Crippen LogP contribution in [-0.4, -0.2) is 31.5 Å². The van der Waals surface area contributed by atoms with Crippen LogP contribution in [0.15, 0.2) is 71.2 Å². The van der Waals surface area contributed by atoms with Crippen molar-refractivity contribution < 1.29 is 23.5 Å². The molecule has 0 bridgehead atoms. The van der Waals surface area contributed by atoms with Gasteiger partial charge in [0.15, 0.2) is 0 Å². The molecule has 0 fully saturated rings. The molecule has 1 heterocycles. The van der Waals surface area contributed by atoms with Gasteiger partial charge in [0.25, 0.3) is 11.8 Å². The van der Waals surface area contributed by atoms with Crippen LogP contribution in [0.2, 0.25) is 0 Å². The van der Waals surface area contributed by atoms with Gasteiger partial charge in [-0.15, -0.1) is 0 Å². The van der Waals surface area contributed by atoms with Gasteiger partial charge in [-0.2, -0.15) is 0 Å². The van der Waals surface area contributed by atoms with Gasteiger partial charge in [0.2, 0.25) is 0 Å². The number of hydrogen-bond acceptors (Lipinski definition) is 4. The Bertz CT molecular complexity index is 1140. The first kappa shape index (κ1) is 20.9. The summed E-state index contributed by atoms with van der Waals surface area (Å²) in [5, 5.41) is 2.57. The van der Waals surface area contributed by atoms with Crippen molar-refractivity contribution in [3.8, 4) is 17.2 Å². The maximum atomic E-state index is 14.4. The highest BCUT2D eigenvalue weighted by Gasteiger charge is 2.31. The van der Waals surface area contributed by atoms with Gasteiger partial charge < -0.3 is 19.7 Å². The van der Waals surface area contributed by atoms with Crippen molar-refractivity contribution in [2.24, 2.45) is 0 Å². The molecule has 8 heteroatoms. The first-order chi connectivity index (χ1) is 14.9. The fraction of sp³-hybridized carbons (Fsp3) is 0.130. The van der Waals surface area contributed by atoms with Crippen molar-refractivity contribution >= 4 is 33.4 Å². The van der Waals surface area contributed by atoms with E-state index in [0.29, 0.717) is 22.9 Å². The average molecular weight is 485 g/mol. The standard InChI is InChI=1S/C23H18BrFN2O4/c1-27-20-11-14(24)7-10-21(20)30-13-19(23(27)29)26-22(28)17-12-16(8-9-18(17)25)31-15-5-3-2-4-6-15/h2-12,19H,13H2,1H3,(H,26,28)/t19-/m0/s1. The van der Waals surface area contributed by atoms with E-state index in [0.717, 1.165) is 10.5 Å². The monoisotopic (exact) mass is 484 g/mol. The number of nitrogens with one attached hydrogen (secondary N) is 1. The van der Waals surface area contributed by atoms with E-state index in [1.54, 1.807) is 49.5 Å². The van der Waals surface area contributed by atoms with E-state index in [-0.39, 0.29) is 18.1 Å². The molecule has 31 heavy (non-hydrogen) atoms. The number of benzene rings is 3. The lowest BCUT2D eigenvalue weighted by atomic mass is 10.1. The van der Waals surface area contributed by atoms with Gasteiger partial charge in [0.05, 0.1) is 11.3 Å². The number of halogens is 2. The Kier molecular flexibility index (Phi) is 5.90. The number of para-hydroxylation sites is 1. The summed E-state index contributed by atoms with van der Waals surface area (Å²) in [5.41, 5.74) is 0.342. The molecule has 1 N–H and O–H groups in total. The number of amides is 2. The predicted molar refractivity (Wildman–Crippen MR) is 117 cm³/mol. The molecule has 1 atom stereocenters. The second-order valence-electron chi connectivity index (χ2n) is 6.90. The molecule has 0 unspecified atom stereocenters. The van der Waals surface area contributed by atoms with E-state index < -0.39 is 17.8 Å². The molecule has 4 rings (SSSR count). The van der Waals surface area contributed by atoms with E-state index in [9.17, 15) is 14.0 Å². The highest BCUT2D eigenvalue weighted by atomic mass is 79.9. The molecule has 0 aromatic heterocycles. The zero-order valence-corrected chi connectivity index (χ0v) is 18.1. The Morgan fingerprint density at radius 1 is 1.13 bits per heavy atom. The van der Waals surface area contributed by atoms with Gasteiger partial charge >= 0.3 is 0 Å². The zero-order chi connectivity index (χ0) is 22.0.